The van der Waals surface area contributed by atoms with Crippen LogP contribution in [0.5, 0.6) is 0 Å². The molecule has 0 aromatic heterocycles. The first-order chi connectivity index (χ1) is 11.4. The van der Waals surface area contributed by atoms with Gasteiger partial charge >= 0.3 is 5.97 Å². The molecule has 0 N–H and O–H groups in total. The summed E-state index contributed by atoms with van der Waals surface area (Å²) in [5.41, 5.74) is 1.72. The topological polar surface area (TPSA) is 29.5 Å². The minimum absolute atomic E-state index is 0.215. The fraction of sp³-hybridized carbons (Fsp3) is 0.381. The molecule has 3 rings (SSSR count). The highest BCUT2D eigenvalue weighted by Gasteiger charge is 2.30. The van der Waals surface area contributed by atoms with Crippen molar-refractivity contribution in [2.24, 2.45) is 5.41 Å². The molecule has 1 heterocycles. The minimum Gasteiger partial charge on any atom is -0.341 e. The van der Waals surface area contributed by atoms with Crippen molar-refractivity contribution in [1.29, 1.82) is 0 Å². The first-order valence-electron chi connectivity index (χ1n) is 8.51. The molecule has 1 unspecified atom stereocenters. The second kappa shape index (κ2) is 6.31. The normalized spacial score (nSPS) is 18.7. The quantitative estimate of drug-likeness (QED) is 0.775. The molecule has 0 aliphatic carbocycles. The molecule has 0 radical (unpaired) electrons. The molecule has 3 heteroatoms. The Hall–Kier alpha value is -2.29. The van der Waals surface area contributed by atoms with Gasteiger partial charge in [0, 0.05) is 5.70 Å². The van der Waals surface area contributed by atoms with Crippen LogP contribution in [-0.2, 0) is 9.63 Å². The summed E-state index contributed by atoms with van der Waals surface area (Å²) in [5.74, 6) is 0.195. The van der Waals surface area contributed by atoms with Crippen molar-refractivity contribution in [2.75, 3.05) is 6.54 Å². The molecular weight excluding hydrogens is 298 g/mol. The van der Waals surface area contributed by atoms with Gasteiger partial charge in [-0.05, 0) is 55.9 Å². The van der Waals surface area contributed by atoms with Crippen LogP contribution < -0.4 is 0 Å². The Labute approximate surface area is 143 Å². The summed E-state index contributed by atoms with van der Waals surface area (Å²) >= 11 is 0. The van der Waals surface area contributed by atoms with E-state index in [1.807, 2.05) is 20.8 Å². The number of piperidine rings is 1. The molecule has 2 aromatic carbocycles. The maximum atomic E-state index is 12.1. The van der Waals surface area contributed by atoms with Gasteiger partial charge in [-0.25, -0.2) is 9.86 Å². The van der Waals surface area contributed by atoms with E-state index in [1.165, 1.54) is 16.3 Å². The summed E-state index contributed by atoms with van der Waals surface area (Å²) in [6, 6.07) is 14.9. The van der Waals surface area contributed by atoms with Crippen LogP contribution in [-0.4, -0.2) is 17.6 Å². The fourth-order valence-corrected chi connectivity index (χ4v) is 3.14. The Morgan fingerprint density at radius 2 is 1.88 bits per heavy atom. The van der Waals surface area contributed by atoms with Crippen molar-refractivity contribution in [3.63, 3.8) is 0 Å². The number of allylic oxidation sites excluding steroid dienone is 1. The van der Waals surface area contributed by atoms with Gasteiger partial charge in [-0.2, -0.15) is 0 Å². The van der Waals surface area contributed by atoms with Crippen molar-refractivity contribution in [3.05, 3.63) is 60.3 Å². The van der Waals surface area contributed by atoms with Crippen molar-refractivity contribution < 1.29 is 9.63 Å². The van der Waals surface area contributed by atoms with Crippen LogP contribution in [0.4, 0.5) is 0 Å². The van der Waals surface area contributed by atoms with E-state index < -0.39 is 5.41 Å². The second-order valence-electron chi connectivity index (χ2n) is 7.56. The first kappa shape index (κ1) is 16.6. The number of carbonyl (C=O) groups excluding carboxylic acids is 1. The van der Waals surface area contributed by atoms with E-state index in [1.54, 1.807) is 5.06 Å². The fourth-order valence-electron chi connectivity index (χ4n) is 3.14. The Morgan fingerprint density at radius 1 is 1.17 bits per heavy atom. The molecule has 0 saturated carbocycles. The van der Waals surface area contributed by atoms with Gasteiger partial charge in [-0.1, -0.05) is 49.0 Å². The Balaban J connectivity index is 1.76. The van der Waals surface area contributed by atoms with E-state index in [0.717, 1.165) is 18.5 Å². The van der Waals surface area contributed by atoms with Gasteiger partial charge in [0.15, 0.2) is 0 Å². The molecule has 1 aliphatic heterocycles. The lowest BCUT2D eigenvalue weighted by Crippen LogP contribution is -2.36. The summed E-state index contributed by atoms with van der Waals surface area (Å²) in [4.78, 5) is 17.6. The third-order valence-corrected chi connectivity index (χ3v) is 4.58. The van der Waals surface area contributed by atoms with Crippen LogP contribution in [0.15, 0.2) is 54.7 Å². The molecule has 3 nitrogen and oxygen atoms in total. The molecule has 2 aromatic rings. The lowest BCUT2D eigenvalue weighted by Gasteiger charge is -2.35. The molecule has 0 amide bonds. The highest BCUT2D eigenvalue weighted by molar-refractivity contribution is 5.86. The first-order valence-corrected chi connectivity index (χ1v) is 8.51. The molecule has 126 valence electrons. The number of nitrogens with zero attached hydrogens (tertiary/aromatic N) is 1. The molecule has 24 heavy (non-hydrogen) atoms. The predicted molar refractivity (Wildman–Crippen MR) is 97.3 cm³/mol. The van der Waals surface area contributed by atoms with E-state index in [0.29, 0.717) is 12.5 Å². The lowest BCUT2D eigenvalue weighted by atomic mass is 9.86. The van der Waals surface area contributed by atoms with Crippen molar-refractivity contribution in [3.8, 4) is 0 Å². The van der Waals surface area contributed by atoms with E-state index in [-0.39, 0.29) is 5.97 Å². The van der Waals surface area contributed by atoms with Crippen LogP contribution in [0.1, 0.15) is 45.1 Å². The highest BCUT2D eigenvalue weighted by Crippen LogP contribution is 2.37. The molecule has 1 atom stereocenters. The maximum absolute atomic E-state index is 12.1. The monoisotopic (exact) mass is 323 g/mol. The lowest BCUT2D eigenvalue weighted by molar-refractivity contribution is -0.194. The third-order valence-electron chi connectivity index (χ3n) is 4.58. The van der Waals surface area contributed by atoms with Crippen molar-refractivity contribution in [1.82, 2.24) is 5.06 Å². The number of rotatable bonds is 2. The molecule has 0 spiro atoms. The average Bonchev–Trinajstić information content (AvgIpc) is 2.55. The summed E-state index contributed by atoms with van der Waals surface area (Å²) < 4.78 is 0. The Kier molecular flexibility index (Phi) is 4.35. The van der Waals surface area contributed by atoms with Gasteiger partial charge in [0.05, 0.1) is 12.0 Å². The summed E-state index contributed by atoms with van der Waals surface area (Å²) in [5, 5.41) is 4.25. The largest absolute Gasteiger partial charge is 0.341 e. The summed E-state index contributed by atoms with van der Waals surface area (Å²) in [7, 11) is 0. The average molecular weight is 323 g/mol. The number of fused-ring (bicyclic) bond motifs is 1. The predicted octanol–water partition coefficient (Wildman–Crippen LogP) is 5.04. The Bertz CT molecular complexity index is 767. The maximum Gasteiger partial charge on any atom is 0.337 e. The van der Waals surface area contributed by atoms with Gasteiger partial charge in [-0.15, -0.1) is 0 Å². The molecule has 0 bridgehead atoms. The van der Waals surface area contributed by atoms with Crippen LogP contribution >= 0.6 is 0 Å². The second-order valence-corrected chi connectivity index (χ2v) is 7.56. The number of hydrogen-bond acceptors (Lipinski definition) is 3. The zero-order chi connectivity index (χ0) is 17.3. The minimum atomic E-state index is -0.507. The van der Waals surface area contributed by atoms with E-state index in [4.69, 9.17) is 4.84 Å². The standard InChI is InChI=1S/C21H25NO2/c1-15-14-17(12-13-22(15)24-20(23)21(2,3)4)19-11-7-9-16-8-5-6-10-18(16)19/h5-11,17H,1,12-14H2,2-4H3. The van der Waals surface area contributed by atoms with Gasteiger partial charge in [0.25, 0.3) is 0 Å². The molecular formula is C21H25NO2. The van der Waals surface area contributed by atoms with Crippen molar-refractivity contribution in [2.45, 2.75) is 39.5 Å². The molecule has 1 saturated heterocycles. The number of hydrogen-bond donors (Lipinski definition) is 0. The van der Waals surface area contributed by atoms with Crippen LogP contribution in [0.25, 0.3) is 10.8 Å². The zero-order valence-corrected chi connectivity index (χ0v) is 14.7. The summed E-state index contributed by atoms with van der Waals surface area (Å²) in [6.45, 7) is 10.4. The van der Waals surface area contributed by atoms with Crippen LogP contribution in [0.2, 0.25) is 0 Å². The van der Waals surface area contributed by atoms with Gasteiger partial charge in [-0.3, -0.25) is 0 Å². The molecule has 1 aliphatic rings. The van der Waals surface area contributed by atoms with E-state index in [9.17, 15) is 4.79 Å². The highest BCUT2D eigenvalue weighted by atomic mass is 16.7. The van der Waals surface area contributed by atoms with E-state index in [2.05, 4.69) is 49.0 Å². The van der Waals surface area contributed by atoms with Gasteiger partial charge < -0.3 is 4.84 Å². The number of carbonyl (C=O) groups is 1. The third kappa shape index (κ3) is 3.30. The van der Waals surface area contributed by atoms with Gasteiger partial charge in [0.2, 0.25) is 0 Å². The van der Waals surface area contributed by atoms with Crippen LogP contribution in [0, 0.1) is 5.41 Å². The molecule has 1 fully saturated rings. The summed E-state index contributed by atoms with van der Waals surface area (Å²) in [6.07, 6.45) is 1.76. The smallest absolute Gasteiger partial charge is 0.337 e. The van der Waals surface area contributed by atoms with Crippen molar-refractivity contribution >= 4 is 16.7 Å². The van der Waals surface area contributed by atoms with Crippen LogP contribution in [0.3, 0.4) is 0 Å². The Morgan fingerprint density at radius 3 is 2.58 bits per heavy atom. The SMILES string of the molecule is C=C1CC(c2cccc3ccccc23)CCN1OC(=O)C(C)(C)C. The zero-order valence-electron chi connectivity index (χ0n) is 14.7. The van der Waals surface area contributed by atoms with Gasteiger partial charge in [0.1, 0.15) is 0 Å². The number of hydroxylamine groups is 2. The van der Waals surface area contributed by atoms with E-state index >= 15 is 0 Å². The number of benzene rings is 2.